The van der Waals surface area contributed by atoms with Gasteiger partial charge in [-0.25, -0.2) is 0 Å². The first-order valence-electron chi connectivity index (χ1n) is 8.16. The third-order valence-corrected chi connectivity index (χ3v) is 4.08. The fourth-order valence-corrected chi connectivity index (χ4v) is 2.69. The third-order valence-electron chi connectivity index (χ3n) is 4.08. The summed E-state index contributed by atoms with van der Waals surface area (Å²) in [6, 6.07) is 0. The van der Waals surface area contributed by atoms with Gasteiger partial charge in [-0.15, -0.1) is 0 Å². The van der Waals surface area contributed by atoms with Gasteiger partial charge in [0, 0.05) is 6.54 Å². The first kappa shape index (κ1) is 19.4. The van der Waals surface area contributed by atoms with Crippen molar-refractivity contribution in [1.29, 1.82) is 0 Å². The van der Waals surface area contributed by atoms with Crippen molar-refractivity contribution < 1.29 is 19.4 Å². The van der Waals surface area contributed by atoms with Crippen molar-refractivity contribution in [1.82, 2.24) is 4.90 Å². The van der Waals surface area contributed by atoms with E-state index in [-0.39, 0.29) is 5.97 Å². The summed E-state index contributed by atoms with van der Waals surface area (Å²) in [6.45, 7) is 5.03. The van der Waals surface area contributed by atoms with Crippen molar-refractivity contribution in [3.63, 3.8) is 0 Å². The molecule has 1 fully saturated rings. The highest BCUT2D eigenvalue weighted by Crippen LogP contribution is 2.35. The van der Waals surface area contributed by atoms with Crippen LogP contribution in [0.1, 0.15) is 39.5 Å². The maximum Gasteiger partial charge on any atom is 0.310 e. The van der Waals surface area contributed by atoms with Crippen LogP contribution in [0.3, 0.4) is 0 Å². The van der Waals surface area contributed by atoms with Crippen LogP contribution in [0.5, 0.6) is 0 Å². The molecule has 1 aliphatic carbocycles. The summed E-state index contributed by atoms with van der Waals surface area (Å²) in [7, 11) is 3.80. The molecule has 130 valence electrons. The Morgan fingerprint density at radius 3 is 2.57 bits per heavy atom. The van der Waals surface area contributed by atoms with Gasteiger partial charge in [0.2, 0.25) is 0 Å². The van der Waals surface area contributed by atoms with Crippen LogP contribution in [0.15, 0.2) is 23.3 Å². The highest BCUT2D eigenvalue weighted by Gasteiger charge is 2.38. The molecule has 0 aliphatic heterocycles. The lowest BCUT2D eigenvalue weighted by Crippen LogP contribution is -2.35. The molecule has 0 bridgehead atoms. The molecular formula is C18H29NO4. The molecule has 0 spiro atoms. The Morgan fingerprint density at radius 1 is 1.30 bits per heavy atom. The number of aliphatic carboxylic acids is 1. The van der Waals surface area contributed by atoms with Gasteiger partial charge in [-0.2, -0.15) is 0 Å². The van der Waals surface area contributed by atoms with Crippen LogP contribution in [-0.4, -0.2) is 49.2 Å². The molecule has 0 heterocycles. The molecule has 0 saturated heterocycles. The number of ether oxygens (including phenoxy) is 1. The summed E-state index contributed by atoms with van der Waals surface area (Å²) in [5.41, 5.74) is 2.41. The SMILES string of the molecule is CC(C)=CC/C=C1/CCC(C(=O)O)C(C(=O)OCCN(C)C)C1. The van der Waals surface area contributed by atoms with Crippen LogP contribution in [0, 0.1) is 11.8 Å². The van der Waals surface area contributed by atoms with Crippen LogP contribution >= 0.6 is 0 Å². The van der Waals surface area contributed by atoms with Gasteiger partial charge in [0.25, 0.3) is 0 Å². The topological polar surface area (TPSA) is 66.8 Å². The van der Waals surface area contributed by atoms with Crippen molar-refractivity contribution in [3.05, 3.63) is 23.3 Å². The van der Waals surface area contributed by atoms with Crippen LogP contribution < -0.4 is 0 Å². The zero-order chi connectivity index (χ0) is 17.4. The van der Waals surface area contributed by atoms with Gasteiger partial charge in [-0.1, -0.05) is 23.3 Å². The van der Waals surface area contributed by atoms with E-state index in [4.69, 9.17) is 4.74 Å². The lowest BCUT2D eigenvalue weighted by atomic mass is 9.76. The first-order valence-corrected chi connectivity index (χ1v) is 8.16. The Morgan fingerprint density at radius 2 is 2.00 bits per heavy atom. The number of hydrogen-bond donors (Lipinski definition) is 1. The Labute approximate surface area is 139 Å². The average molecular weight is 323 g/mol. The number of esters is 1. The molecule has 1 rings (SSSR count). The molecule has 2 unspecified atom stereocenters. The summed E-state index contributed by atoms with van der Waals surface area (Å²) in [6.07, 6.45) is 6.82. The predicted molar refractivity (Wildman–Crippen MR) is 90.1 cm³/mol. The Balaban J connectivity index is 2.70. The smallest absolute Gasteiger partial charge is 0.310 e. The standard InChI is InChI=1S/C18H29NO4/c1-13(2)6-5-7-14-8-9-15(17(20)21)16(12-14)18(22)23-11-10-19(3)4/h6-7,15-16H,5,8-12H2,1-4H3,(H,20,21)/b14-7-. The van der Waals surface area contributed by atoms with E-state index in [2.05, 4.69) is 12.2 Å². The second-order valence-corrected chi connectivity index (χ2v) is 6.64. The second-order valence-electron chi connectivity index (χ2n) is 6.64. The van der Waals surface area contributed by atoms with Crippen molar-refractivity contribution >= 4 is 11.9 Å². The van der Waals surface area contributed by atoms with Crippen molar-refractivity contribution in [3.8, 4) is 0 Å². The number of carbonyl (C=O) groups is 2. The van der Waals surface area contributed by atoms with Gasteiger partial charge in [-0.3, -0.25) is 9.59 Å². The summed E-state index contributed by atoms with van der Waals surface area (Å²) in [5.74, 6) is -2.49. The highest BCUT2D eigenvalue weighted by atomic mass is 16.5. The Bertz CT molecular complexity index is 475. The molecule has 1 aliphatic rings. The summed E-state index contributed by atoms with van der Waals surface area (Å²) >= 11 is 0. The molecule has 0 radical (unpaired) electrons. The van der Waals surface area contributed by atoms with Gasteiger partial charge in [-0.05, 0) is 53.6 Å². The number of carbonyl (C=O) groups excluding carboxylic acids is 1. The molecule has 5 nitrogen and oxygen atoms in total. The number of hydrogen-bond acceptors (Lipinski definition) is 4. The lowest BCUT2D eigenvalue weighted by molar-refractivity contribution is -0.159. The molecule has 1 N–H and O–H groups in total. The van der Waals surface area contributed by atoms with E-state index < -0.39 is 17.8 Å². The van der Waals surface area contributed by atoms with Crippen molar-refractivity contribution in [2.24, 2.45) is 11.8 Å². The van der Waals surface area contributed by atoms with E-state index in [0.717, 1.165) is 18.4 Å². The molecule has 23 heavy (non-hydrogen) atoms. The fraction of sp³-hybridized carbons (Fsp3) is 0.667. The summed E-state index contributed by atoms with van der Waals surface area (Å²) in [5, 5.41) is 9.36. The molecule has 2 atom stereocenters. The normalized spacial score (nSPS) is 22.9. The number of rotatable bonds is 7. The minimum Gasteiger partial charge on any atom is -0.481 e. The Kier molecular flexibility index (Phi) is 8.03. The van der Waals surface area contributed by atoms with Gasteiger partial charge >= 0.3 is 11.9 Å². The molecule has 0 amide bonds. The maximum absolute atomic E-state index is 12.3. The second kappa shape index (κ2) is 9.50. The van der Waals surface area contributed by atoms with Crippen molar-refractivity contribution in [2.75, 3.05) is 27.2 Å². The maximum atomic E-state index is 12.3. The van der Waals surface area contributed by atoms with Gasteiger partial charge < -0.3 is 14.7 Å². The number of carboxylic acid groups (broad SMARTS) is 1. The molecule has 0 aromatic heterocycles. The molecular weight excluding hydrogens is 294 g/mol. The van der Waals surface area contributed by atoms with E-state index in [1.165, 1.54) is 5.57 Å². The predicted octanol–water partition coefficient (Wildman–Crippen LogP) is 2.87. The first-order chi connectivity index (χ1) is 10.8. The summed E-state index contributed by atoms with van der Waals surface area (Å²) in [4.78, 5) is 25.6. The van der Waals surface area contributed by atoms with Crippen molar-refractivity contribution in [2.45, 2.75) is 39.5 Å². The van der Waals surface area contributed by atoms with Crippen LogP contribution in [0.4, 0.5) is 0 Å². The zero-order valence-electron chi connectivity index (χ0n) is 14.7. The van der Waals surface area contributed by atoms with Gasteiger partial charge in [0.15, 0.2) is 0 Å². The van der Waals surface area contributed by atoms with E-state index >= 15 is 0 Å². The number of carboxylic acids is 1. The van der Waals surface area contributed by atoms with E-state index in [9.17, 15) is 14.7 Å². The van der Waals surface area contributed by atoms with Crippen LogP contribution in [-0.2, 0) is 14.3 Å². The number of allylic oxidation sites excluding steroid dienone is 4. The van der Waals surface area contributed by atoms with E-state index in [1.807, 2.05) is 32.8 Å². The lowest BCUT2D eigenvalue weighted by Gasteiger charge is -2.29. The van der Waals surface area contributed by atoms with Gasteiger partial charge in [0.05, 0.1) is 11.8 Å². The number of likely N-dealkylation sites (N-methyl/N-ethyl adjacent to an activating group) is 1. The van der Waals surface area contributed by atoms with Gasteiger partial charge in [0.1, 0.15) is 6.61 Å². The molecule has 1 saturated carbocycles. The average Bonchev–Trinajstić information content (AvgIpc) is 2.46. The molecule has 5 heteroatoms. The molecule has 0 aromatic carbocycles. The summed E-state index contributed by atoms with van der Waals surface area (Å²) < 4.78 is 5.28. The minimum absolute atomic E-state index is 0.297. The van der Waals surface area contributed by atoms with Crippen LogP contribution in [0.2, 0.25) is 0 Å². The van der Waals surface area contributed by atoms with E-state index in [0.29, 0.717) is 26.0 Å². The van der Waals surface area contributed by atoms with E-state index in [1.54, 1.807) is 0 Å². The Hall–Kier alpha value is -1.62. The minimum atomic E-state index is -0.900. The molecule has 0 aromatic rings. The fourth-order valence-electron chi connectivity index (χ4n) is 2.69. The monoisotopic (exact) mass is 323 g/mol. The zero-order valence-corrected chi connectivity index (χ0v) is 14.7. The largest absolute Gasteiger partial charge is 0.481 e. The van der Waals surface area contributed by atoms with Crippen LogP contribution in [0.25, 0.3) is 0 Å². The highest BCUT2D eigenvalue weighted by molar-refractivity contribution is 5.81. The number of nitrogens with zero attached hydrogens (tertiary/aromatic N) is 1. The third kappa shape index (κ3) is 6.99. The quantitative estimate of drug-likeness (QED) is 0.576.